The zero-order valence-electron chi connectivity index (χ0n) is 11.0. The lowest BCUT2D eigenvalue weighted by atomic mass is 10.2. The number of carbonyl (C=O) groups excluding carboxylic acids is 2. The van der Waals surface area contributed by atoms with Gasteiger partial charge in [0.15, 0.2) is 0 Å². The van der Waals surface area contributed by atoms with Crippen molar-refractivity contribution < 1.29 is 22.8 Å². The minimum Gasteiger partial charge on any atom is -0.347 e. The summed E-state index contributed by atoms with van der Waals surface area (Å²) in [6, 6.07) is 0.743. The molecule has 2 amide bonds. The summed E-state index contributed by atoms with van der Waals surface area (Å²) in [5.74, 6) is -1.24. The van der Waals surface area contributed by atoms with Crippen molar-refractivity contribution in [2.45, 2.75) is 18.6 Å². The van der Waals surface area contributed by atoms with E-state index in [-0.39, 0.29) is 23.7 Å². The minimum absolute atomic E-state index is 0.0304. The molecule has 0 aromatic carbocycles. The number of halogens is 5. The molecule has 10 heteroatoms. The van der Waals surface area contributed by atoms with Crippen LogP contribution in [0.1, 0.15) is 16.8 Å². The molecule has 0 radical (unpaired) electrons. The zero-order chi connectivity index (χ0) is 16.5. The highest BCUT2D eigenvalue weighted by Crippen LogP contribution is 2.22. The van der Waals surface area contributed by atoms with Crippen LogP contribution in [0, 0.1) is 0 Å². The van der Waals surface area contributed by atoms with E-state index in [1.165, 1.54) is 12.3 Å². The van der Waals surface area contributed by atoms with Crippen molar-refractivity contribution in [1.82, 2.24) is 15.2 Å². The third kappa shape index (κ3) is 4.33. The first-order valence-electron chi connectivity index (χ1n) is 6.12. The van der Waals surface area contributed by atoms with E-state index in [0.29, 0.717) is 9.37 Å². The number of pyridine rings is 1. The summed E-state index contributed by atoms with van der Waals surface area (Å²) in [6.45, 7) is -1.51. The van der Waals surface area contributed by atoms with Crippen LogP contribution < -0.4 is 5.32 Å². The molecule has 2 rings (SSSR count). The highest BCUT2D eigenvalue weighted by Gasteiger charge is 2.38. The van der Waals surface area contributed by atoms with Gasteiger partial charge in [-0.25, -0.2) is 4.98 Å². The first kappa shape index (κ1) is 17.0. The second-order valence-electron chi connectivity index (χ2n) is 4.76. The largest absolute Gasteiger partial charge is 0.406 e. The Kier molecular flexibility index (Phi) is 4.96. The molecule has 1 N–H and O–H groups in total. The van der Waals surface area contributed by atoms with E-state index in [1.54, 1.807) is 0 Å². The highest BCUT2D eigenvalue weighted by atomic mass is 79.9. The summed E-state index contributed by atoms with van der Waals surface area (Å²) in [4.78, 5) is 28.1. The third-order valence-corrected chi connectivity index (χ3v) is 3.71. The zero-order valence-corrected chi connectivity index (χ0v) is 13.3. The second kappa shape index (κ2) is 6.41. The number of nitrogens with zero attached hydrogens (tertiary/aromatic N) is 2. The topological polar surface area (TPSA) is 62.3 Å². The molecular weight excluding hydrogens is 391 g/mol. The van der Waals surface area contributed by atoms with Gasteiger partial charge >= 0.3 is 6.18 Å². The molecule has 1 aliphatic rings. The van der Waals surface area contributed by atoms with Crippen LogP contribution in [-0.2, 0) is 4.79 Å². The molecular formula is C12H10BrClF3N3O2. The lowest BCUT2D eigenvalue weighted by Gasteiger charge is -2.18. The van der Waals surface area contributed by atoms with Gasteiger partial charge in [-0.05, 0) is 22.0 Å². The van der Waals surface area contributed by atoms with E-state index in [0.717, 1.165) is 0 Å². The molecule has 0 spiro atoms. The standard InChI is InChI=1S/C12H10BrClF3N3O2/c13-6-1-8(10(14)18-3-6)11(22)19-7-2-9(21)20(4-7)5-12(15,16)17/h1,3,7H,2,4-5H2,(H,19,22)/t7-/m1/s1. The van der Waals surface area contributed by atoms with Crippen molar-refractivity contribution >= 4 is 39.3 Å². The van der Waals surface area contributed by atoms with Crippen LogP contribution in [0.3, 0.4) is 0 Å². The summed E-state index contributed by atoms with van der Waals surface area (Å²) in [5, 5.41) is 2.46. The van der Waals surface area contributed by atoms with Crippen molar-refractivity contribution in [2.24, 2.45) is 0 Å². The lowest BCUT2D eigenvalue weighted by molar-refractivity contribution is -0.157. The first-order valence-corrected chi connectivity index (χ1v) is 7.29. The van der Waals surface area contributed by atoms with Gasteiger partial charge in [-0.15, -0.1) is 0 Å². The monoisotopic (exact) mass is 399 g/mol. The minimum atomic E-state index is -4.47. The number of amides is 2. The lowest BCUT2D eigenvalue weighted by Crippen LogP contribution is -2.39. The van der Waals surface area contributed by atoms with Gasteiger partial charge in [0.25, 0.3) is 5.91 Å². The van der Waals surface area contributed by atoms with E-state index in [4.69, 9.17) is 11.6 Å². The fourth-order valence-electron chi connectivity index (χ4n) is 2.08. The molecule has 120 valence electrons. The summed E-state index contributed by atoms with van der Waals surface area (Å²) in [5.41, 5.74) is 0.0813. The number of carbonyl (C=O) groups is 2. The Morgan fingerprint density at radius 1 is 1.55 bits per heavy atom. The Balaban J connectivity index is 2.01. The average Bonchev–Trinajstić information content (AvgIpc) is 2.70. The van der Waals surface area contributed by atoms with E-state index < -0.39 is 30.6 Å². The molecule has 5 nitrogen and oxygen atoms in total. The molecule has 1 aromatic heterocycles. The van der Waals surface area contributed by atoms with Gasteiger partial charge in [0, 0.05) is 23.6 Å². The SMILES string of the molecule is O=C(N[C@@H]1CC(=O)N(CC(F)(F)F)C1)c1cc(Br)cnc1Cl. The van der Waals surface area contributed by atoms with Gasteiger partial charge in [-0.1, -0.05) is 11.6 Å². The molecule has 2 heterocycles. The van der Waals surface area contributed by atoms with Gasteiger partial charge < -0.3 is 10.2 Å². The molecule has 1 atom stereocenters. The number of hydrogen-bond acceptors (Lipinski definition) is 3. The summed E-state index contributed by atoms with van der Waals surface area (Å²) < 4.78 is 37.5. The molecule has 1 aromatic rings. The second-order valence-corrected chi connectivity index (χ2v) is 6.03. The average molecular weight is 401 g/mol. The van der Waals surface area contributed by atoms with Gasteiger partial charge in [-0.3, -0.25) is 9.59 Å². The van der Waals surface area contributed by atoms with Gasteiger partial charge in [0.2, 0.25) is 5.91 Å². The predicted molar refractivity (Wildman–Crippen MR) is 75.5 cm³/mol. The molecule has 1 fully saturated rings. The Hall–Kier alpha value is -1.35. The van der Waals surface area contributed by atoms with Crippen molar-refractivity contribution in [3.63, 3.8) is 0 Å². The van der Waals surface area contributed by atoms with Crippen LogP contribution in [0.25, 0.3) is 0 Å². The van der Waals surface area contributed by atoms with Crippen molar-refractivity contribution in [3.8, 4) is 0 Å². The van der Waals surface area contributed by atoms with E-state index >= 15 is 0 Å². The van der Waals surface area contributed by atoms with Crippen LogP contribution in [0.5, 0.6) is 0 Å². The summed E-state index contributed by atoms with van der Waals surface area (Å²) >= 11 is 8.94. The summed E-state index contributed by atoms with van der Waals surface area (Å²) in [7, 11) is 0. The van der Waals surface area contributed by atoms with Crippen molar-refractivity contribution in [1.29, 1.82) is 0 Å². The molecule has 0 unspecified atom stereocenters. The number of likely N-dealkylation sites (tertiary alicyclic amines) is 1. The van der Waals surface area contributed by atoms with Gasteiger partial charge in [0.05, 0.1) is 11.6 Å². The number of alkyl halides is 3. The Morgan fingerprint density at radius 3 is 2.86 bits per heavy atom. The third-order valence-electron chi connectivity index (χ3n) is 2.97. The Bertz CT molecular complexity index is 612. The maximum absolute atomic E-state index is 12.3. The summed E-state index contributed by atoms with van der Waals surface area (Å²) in [6.07, 6.45) is -3.24. The van der Waals surface area contributed by atoms with Crippen molar-refractivity contribution in [3.05, 3.63) is 27.5 Å². The van der Waals surface area contributed by atoms with E-state index in [9.17, 15) is 22.8 Å². The molecule has 0 aliphatic carbocycles. The van der Waals surface area contributed by atoms with Crippen LogP contribution >= 0.6 is 27.5 Å². The van der Waals surface area contributed by atoms with Crippen LogP contribution in [0.2, 0.25) is 5.15 Å². The molecule has 22 heavy (non-hydrogen) atoms. The van der Waals surface area contributed by atoms with Gasteiger partial charge in [-0.2, -0.15) is 13.2 Å². The molecule has 0 bridgehead atoms. The van der Waals surface area contributed by atoms with Crippen LogP contribution in [0.15, 0.2) is 16.7 Å². The maximum Gasteiger partial charge on any atom is 0.406 e. The van der Waals surface area contributed by atoms with Crippen LogP contribution in [-0.4, -0.2) is 47.0 Å². The predicted octanol–water partition coefficient (Wildman–Crippen LogP) is 2.39. The number of aromatic nitrogens is 1. The Morgan fingerprint density at radius 2 is 2.23 bits per heavy atom. The fourth-order valence-corrected chi connectivity index (χ4v) is 2.60. The molecule has 1 aliphatic heterocycles. The maximum atomic E-state index is 12.3. The number of rotatable bonds is 3. The van der Waals surface area contributed by atoms with Gasteiger partial charge in [0.1, 0.15) is 11.7 Å². The first-order chi connectivity index (χ1) is 10.2. The molecule has 0 saturated carbocycles. The number of hydrogen-bond donors (Lipinski definition) is 1. The van der Waals surface area contributed by atoms with Crippen LogP contribution in [0.4, 0.5) is 13.2 Å². The molecule has 1 saturated heterocycles. The Labute approximate surface area is 136 Å². The highest BCUT2D eigenvalue weighted by molar-refractivity contribution is 9.10. The number of nitrogens with one attached hydrogen (secondary N) is 1. The normalized spacial score (nSPS) is 18.7. The van der Waals surface area contributed by atoms with Crippen molar-refractivity contribution in [2.75, 3.05) is 13.1 Å². The van der Waals surface area contributed by atoms with E-state index in [1.807, 2.05) is 0 Å². The van der Waals surface area contributed by atoms with E-state index in [2.05, 4.69) is 26.2 Å². The fraction of sp³-hybridized carbons (Fsp3) is 0.417. The smallest absolute Gasteiger partial charge is 0.347 e. The quantitative estimate of drug-likeness (QED) is 0.793.